The number of hydrogen-bond donors (Lipinski definition) is 2. The maximum absolute atomic E-state index is 11.6. The molecule has 5 heteroatoms. The number of hydrogen-bond acceptors (Lipinski definition) is 3. The lowest BCUT2D eigenvalue weighted by Crippen LogP contribution is -2.25. The zero-order valence-electron chi connectivity index (χ0n) is 12.2. The summed E-state index contributed by atoms with van der Waals surface area (Å²) in [6, 6.07) is 7.49. The second kappa shape index (κ2) is 6.59. The molecule has 0 amide bonds. The van der Waals surface area contributed by atoms with E-state index in [0.29, 0.717) is 10.9 Å². The molecule has 1 aliphatic carbocycles. The third-order valence-electron chi connectivity index (χ3n) is 4.23. The normalized spacial score (nSPS) is 23.5. The quantitative estimate of drug-likeness (QED) is 0.878. The maximum Gasteiger partial charge on any atom is 0.240 e. The highest BCUT2D eigenvalue weighted by atomic mass is 32.2. The number of rotatable bonds is 5. The van der Waals surface area contributed by atoms with Crippen molar-refractivity contribution < 1.29 is 8.42 Å². The molecule has 0 radical (unpaired) electrons. The maximum atomic E-state index is 11.6. The summed E-state index contributed by atoms with van der Waals surface area (Å²) in [5, 5.41) is 3.51. The third-order valence-corrected chi connectivity index (χ3v) is 5.66. The van der Waals surface area contributed by atoms with Crippen LogP contribution >= 0.6 is 0 Å². The molecule has 0 aromatic heterocycles. The highest BCUT2D eigenvalue weighted by Gasteiger charge is 2.19. The Labute approximate surface area is 122 Å². The van der Waals surface area contributed by atoms with Crippen LogP contribution in [0.25, 0.3) is 0 Å². The summed E-state index contributed by atoms with van der Waals surface area (Å²) >= 11 is 0. The zero-order valence-corrected chi connectivity index (χ0v) is 13.0. The summed E-state index contributed by atoms with van der Waals surface area (Å²) in [6.07, 6.45) is 6.27. The Morgan fingerprint density at radius 3 is 2.20 bits per heavy atom. The van der Waals surface area contributed by atoms with Gasteiger partial charge in [0, 0.05) is 11.7 Å². The molecule has 1 aromatic carbocycles. The first-order valence-corrected chi connectivity index (χ1v) is 8.83. The number of anilines is 1. The summed E-state index contributed by atoms with van der Waals surface area (Å²) < 4.78 is 25.6. The molecule has 1 aromatic rings. The second-order valence-electron chi connectivity index (χ2n) is 5.50. The van der Waals surface area contributed by atoms with Crippen LogP contribution in [0.1, 0.15) is 39.0 Å². The molecule has 0 atom stereocenters. The first-order chi connectivity index (χ1) is 9.55. The van der Waals surface area contributed by atoms with Crippen molar-refractivity contribution in [2.24, 2.45) is 5.92 Å². The predicted octanol–water partition coefficient (Wildman–Crippen LogP) is 2.98. The Morgan fingerprint density at radius 1 is 1.10 bits per heavy atom. The highest BCUT2D eigenvalue weighted by Crippen LogP contribution is 2.28. The van der Waals surface area contributed by atoms with Crippen LogP contribution < -0.4 is 10.0 Å². The van der Waals surface area contributed by atoms with E-state index in [9.17, 15) is 8.42 Å². The van der Waals surface area contributed by atoms with Crippen molar-refractivity contribution in [1.82, 2.24) is 4.72 Å². The Balaban J connectivity index is 1.95. The molecule has 0 aliphatic heterocycles. The molecular formula is C15H24N2O2S. The van der Waals surface area contributed by atoms with Crippen LogP contribution in [0.3, 0.4) is 0 Å². The third kappa shape index (κ3) is 3.73. The van der Waals surface area contributed by atoms with E-state index in [1.807, 2.05) is 12.1 Å². The first kappa shape index (κ1) is 15.3. The summed E-state index contributed by atoms with van der Waals surface area (Å²) in [6.45, 7) is 2.26. The number of sulfonamides is 1. The van der Waals surface area contributed by atoms with Gasteiger partial charge in [-0.15, -0.1) is 0 Å². The monoisotopic (exact) mass is 296 g/mol. The fourth-order valence-corrected chi connectivity index (χ4v) is 3.53. The fourth-order valence-electron chi connectivity index (χ4n) is 2.80. The Hall–Kier alpha value is -1.07. The lowest BCUT2D eigenvalue weighted by molar-refractivity contribution is 0.330. The molecule has 112 valence electrons. The molecule has 0 bridgehead atoms. The molecule has 20 heavy (non-hydrogen) atoms. The van der Waals surface area contributed by atoms with E-state index in [1.54, 1.807) is 12.1 Å². The van der Waals surface area contributed by atoms with E-state index in [4.69, 9.17) is 0 Å². The van der Waals surface area contributed by atoms with E-state index in [2.05, 4.69) is 17.0 Å². The van der Waals surface area contributed by atoms with Gasteiger partial charge in [0.25, 0.3) is 0 Å². The molecule has 1 saturated carbocycles. The van der Waals surface area contributed by atoms with E-state index in [-0.39, 0.29) is 0 Å². The van der Waals surface area contributed by atoms with Gasteiger partial charge >= 0.3 is 0 Å². The molecule has 0 unspecified atom stereocenters. The van der Waals surface area contributed by atoms with Gasteiger partial charge in [-0.1, -0.05) is 13.3 Å². The number of nitrogens with one attached hydrogen (secondary N) is 2. The summed E-state index contributed by atoms with van der Waals surface area (Å²) in [4.78, 5) is 0.306. The first-order valence-electron chi connectivity index (χ1n) is 7.35. The highest BCUT2D eigenvalue weighted by molar-refractivity contribution is 7.89. The Kier molecular flexibility index (Phi) is 5.05. The zero-order chi connectivity index (χ0) is 14.6. The minimum Gasteiger partial charge on any atom is -0.382 e. The van der Waals surface area contributed by atoms with E-state index in [0.717, 1.165) is 11.6 Å². The van der Waals surface area contributed by atoms with Gasteiger partial charge < -0.3 is 5.32 Å². The smallest absolute Gasteiger partial charge is 0.240 e. The lowest BCUT2D eigenvalue weighted by Gasteiger charge is -2.29. The van der Waals surface area contributed by atoms with Gasteiger partial charge in [0.1, 0.15) is 0 Å². The average molecular weight is 296 g/mol. The largest absolute Gasteiger partial charge is 0.382 e. The van der Waals surface area contributed by atoms with Gasteiger partial charge in [0.2, 0.25) is 10.0 Å². The lowest BCUT2D eigenvalue weighted by atomic mass is 9.84. The van der Waals surface area contributed by atoms with Crippen molar-refractivity contribution in [3.8, 4) is 0 Å². The number of benzene rings is 1. The molecule has 1 aliphatic rings. The molecule has 0 saturated heterocycles. The van der Waals surface area contributed by atoms with Crippen molar-refractivity contribution in [1.29, 1.82) is 0 Å². The van der Waals surface area contributed by atoms with Crippen molar-refractivity contribution in [3.05, 3.63) is 24.3 Å². The van der Waals surface area contributed by atoms with Gasteiger partial charge in [-0.25, -0.2) is 13.1 Å². The van der Waals surface area contributed by atoms with Crippen molar-refractivity contribution in [2.75, 3.05) is 12.4 Å². The molecule has 0 heterocycles. The van der Waals surface area contributed by atoms with E-state index < -0.39 is 10.0 Å². The fraction of sp³-hybridized carbons (Fsp3) is 0.600. The van der Waals surface area contributed by atoms with E-state index >= 15 is 0 Å². The van der Waals surface area contributed by atoms with Gasteiger partial charge in [-0.05, 0) is 62.9 Å². The van der Waals surface area contributed by atoms with E-state index in [1.165, 1.54) is 39.2 Å². The molecule has 1 fully saturated rings. The second-order valence-corrected chi connectivity index (χ2v) is 7.39. The molecule has 2 rings (SSSR count). The van der Waals surface area contributed by atoms with Gasteiger partial charge in [-0.2, -0.15) is 0 Å². The Morgan fingerprint density at radius 2 is 1.70 bits per heavy atom. The van der Waals surface area contributed by atoms with Crippen LogP contribution in [0.4, 0.5) is 5.69 Å². The standard InChI is InChI=1S/C15H24N2O2S/c1-3-12-4-6-13(7-5-12)17-14-8-10-15(11-9-14)20(18,19)16-2/h8-13,16-17H,3-7H2,1-2H3. The van der Waals surface area contributed by atoms with Crippen LogP contribution in [0.5, 0.6) is 0 Å². The van der Waals surface area contributed by atoms with Crippen molar-refractivity contribution >= 4 is 15.7 Å². The van der Waals surface area contributed by atoms with Crippen LogP contribution in [0.2, 0.25) is 0 Å². The topological polar surface area (TPSA) is 58.2 Å². The van der Waals surface area contributed by atoms with Gasteiger partial charge in [0.15, 0.2) is 0 Å². The summed E-state index contributed by atoms with van der Waals surface area (Å²) in [5.41, 5.74) is 1.00. The molecule has 0 spiro atoms. The van der Waals surface area contributed by atoms with Gasteiger partial charge in [0.05, 0.1) is 4.90 Å². The SMILES string of the molecule is CCC1CCC(Nc2ccc(S(=O)(=O)NC)cc2)CC1. The van der Waals surface area contributed by atoms with Crippen molar-refractivity contribution in [2.45, 2.75) is 50.0 Å². The molecule has 2 N–H and O–H groups in total. The average Bonchev–Trinajstić information content (AvgIpc) is 2.48. The summed E-state index contributed by atoms with van der Waals surface area (Å²) in [7, 11) is -1.91. The van der Waals surface area contributed by atoms with Crippen LogP contribution in [-0.4, -0.2) is 21.5 Å². The van der Waals surface area contributed by atoms with Crippen LogP contribution in [0.15, 0.2) is 29.2 Å². The predicted molar refractivity (Wildman–Crippen MR) is 82.3 cm³/mol. The Bertz CT molecular complexity index is 517. The van der Waals surface area contributed by atoms with Crippen LogP contribution in [-0.2, 0) is 10.0 Å². The van der Waals surface area contributed by atoms with Crippen molar-refractivity contribution in [3.63, 3.8) is 0 Å². The molecule has 4 nitrogen and oxygen atoms in total. The molecular weight excluding hydrogens is 272 g/mol. The minimum atomic E-state index is -3.34. The van der Waals surface area contributed by atoms with Crippen LogP contribution in [0, 0.1) is 5.92 Å². The van der Waals surface area contributed by atoms with Gasteiger partial charge in [-0.3, -0.25) is 0 Å². The minimum absolute atomic E-state index is 0.306. The summed E-state index contributed by atoms with van der Waals surface area (Å²) in [5.74, 6) is 0.885.